The van der Waals surface area contributed by atoms with Gasteiger partial charge in [0.15, 0.2) is 11.7 Å². The van der Waals surface area contributed by atoms with Crippen molar-refractivity contribution >= 4 is 35.5 Å². The van der Waals surface area contributed by atoms with E-state index in [0.29, 0.717) is 30.1 Å². The zero-order valence-corrected chi connectivity index (χ0v) is 30.3. The Labute approximate surface area is 313 Å². The molecule has 5 aromatic rings. The first-order valence-corrected chi connectivity index (χ1v) is 18.1. The van der Waals surface area contributed by atoms with Gasteiger partial charge in [0.05, 0.1) is 25.8 Å². The number of benzene rings is 3. The molecule has 2 aliphatic heterocycles. The molecule has 13 heteroatoms. The summed E-state index contributed by atoms with van der Waals surface area (Å²) in [6.07, 6.45) is 6.40. The van der Waals surface area contributed by atoms with Crippen LogP contribution in [0.5, 0.6) is 0 Å². The van der Waals surface area contributed by atoms with Crippen LogP contribution < -0.4 is 5.32 Å². The van der Waals surface area contributed by atoms with E-state index in [-0.39, 0.29) is 23.9 Å². The Kier molecular flexibility index (Phi) is 11.2. The third-order valence-corrected chi connectivity index (χ3v) is 10.2. The van der Waals surface area contributed by atoms with E-state index in [1.807, 2.05) is 71.6 Å². The first-order chi connectivity index (χ1) is 26.4. The van der Waals surface area contributed by atoms with Gasteiger partial charge in [-0.1, -0.05) is 84.9 Å². The molecule has 0 bridgehead atoms. The number of hydrogen-bond donors (Lipinski definition) is 2. The molecule has 3 aromatic carbocycles. The molecular weight excluding hydrogens is 686 g/mol. The van der Waals surface area contributed by atoms with Crippen molar-refractivity contribution in [2.45, 2.75) is 56.3 Å². The predicted molar refractivity (Wildman–Crippen MR) is 202 cm³/mol. The van der Waals surface area contributed by atoms with Gasteiger partial charge in [-0.2, -0.15) is 4.89 Å². The number of alkyl carbamates (subject to hydrolysis) is 1. The number of rotatable bonds is 12. The molecule has 278 valence electrons. The highest BCUT2D eigenvalue weighted by Gasteiger charge is 2.37. The smallest absolute Gasteiger partial charge is 0.407 e. The number of likely N-dealkylation sites (tertiary alicyclic amines) is 2. The van der Waals surface area contributed by atoms with Crippen molar-refractivity contribution in [1.82, 2.24) is 30.1 Å². The SMILES string of the molecule is COOC=N[C@@H](C(=O)N1CCC[C@H]1Cc1ccc(-c2cnc3nc([C@@H]4CCCN4C(=O)[C@H](NC(=O)OC)c4ccccc4)[nH]c3c2)cc1)c1ccccc1. The third-order valence-electron chi connectivity index (χ3n) is 10.2. The lowest BCUT2D eigenvalue weighted by molar-refractivity contribution is -0.188. The number of amides is 3. The van der Waals surface area contributed by atoms with Gasteiger partial charge in [0.1, 0.15) is 11.9 Å². The van der Waals surface area contributed by atoms with Crippen LogP contribution in [-0.4, -0.2) is 82.4 Å². The van der Waals surface area contributed by atoms with Crippen LogP contribution in [0.2, 0.25) is 0 Å². The van der Waals surface area contributed by atoms with Gasteiger partial charge < -0.3 is 29.7 Å². The molecule has 2 N–H and O–H groups in total. The quantitative estimate of drug-likeness (QED) is 0.0661. The fraction of sp³-hybridized carbons (Fsp3) is 0.317. The summed E-state index contributed by atoms with van der Waals surface area (Å²) in [5.74, 6) is 0.367. The zero-order valence-electron chi connectivity index (χ0n) is 30.3. The van der Waals surface area contributed by atoms with Crippen molar-refractivity contribution < 1.29 is 28.9 Å². The van der Waals surface area contributed by atoms with Crippen LogP contribution in [-0.2, 0) is 30.5 Å². The molecule has 2 aliphatic rings. The first kappa shape index (κ1) is 36.3. The number of aromatic nitrogens is 3. The van der Waals surface area contributed by atoms with E-state index in [2.05, 4.69) is 49.4 Å². The van der Waals surface area contributed by atoms with E-state index in [9.17, 15) is 14.4 Å². The fourth-order valence-corrected chi connectivity index (χ4v) is 7.48. The van der Waals surface area contributed by atoms with Crippen molar-refractivity contribution in [1.29, 1.82) is 0 Å². The van der Waals surface area contributed by atoms with Crippen molar-refractivity contribution in [2.75, 3.05) is 27.3 Å². The number of imidazole rings is 1. The number of aromatic amines is 1. The molecule has 0 saturated carbocycles. The summed E-state index contributed by atoms with van der Waals surface area (Å²) in [6, 6.07) is 27.2. The molecule has 0 radical (unpaired) electrons. The normalized spacial score (nSPS) is 18.2. The number of pyridine rings is 1. The Bertz CT molecular complexity index is 2090. The molecule has 3 amide bonds. The van der Waals surface area contributed by atoms with Crippen molar-refractivity contribution in [3.8, 4) is 11.1 Å². The molecule has 4 atom stereocenters. The second-order valence-corrected chi connectivity index (χ2v) is 13.4. The zero-order chi connectivity index (χ0) is 37.4. The molecule has 0 aliphatic carbocycles. The average Bonchev–Trinajstić information content (AvgIpc) is 3.99. The van der Waals surface area contributed by atoms with Crippen LogP contribution in [0, 0.1) is 0 Å². The predicted octanol–water partition coefficient (Wildman–Crippen LogP) is 6.27. The lowest BCUT2D eigenvalue weighted by atomic mass is 9.99. The Hall–Kier alpha value is -6.08. The van der Waals surface area contributed by atoms with Crippen molar-refractivity contribution in [2.24, 2.45) is 4.99 Å². The Morgan fingerprint density at radius 2 is 1.59 bits per heavy atom. The van der Waals surface area contributed by atoms with Gasteiger partial charge in [-0.05, 0) is 60.4 Å². The maximum atomic E-state index is 13.9. The minimum absolute atomic E-state index is 0.0517. The lowest BCUT2D eigenvalue weighted by Crippen LogP contribution is -2.42. The van der Waals surface area contributed by atoms with E-state index in [1.165, 1.54) is 20.6 Å². The van der Waals surface area contributed by atoms with Crippen LogP contribution >= 0.6 is 0 Å². The summed E-state index contributed by atoms with van der Waals surface area (Å²) >= 11 is 0. The third kappa shape index (κ3) is 7.96. The summed E-state index contributed by atoms with van der Waals surface area (Å²) in [6.45, 7) is 1.21. The highest BCUT2D eigenvalue weighted by Crippen LogP contribution is 2.35. The molecule has 2 fully saturated rings. The van der Waals surface area contributed by atoms with E-state index < -0.39 is 18.2 Å². The van der Waals surface area contributed by atoms with Gasteiger partial charge in [0.25, 0.3) is 11.8 Å². The summed E-state index contributed by atoms with van der Waals surface area (Å²) in [7, 11) is 2.67. The number of carbonyl (C=O) groups is 3. The van der Waals surface area contributed by atoms with E-state index in [0.717, 1.165) is 59.9 Å². The maximum Gasteiger partial charge on any atom is 0.407 e. The molecule has 0 spiro atoms. The Morgan fingerprint density at radius 3 is 2.31 bits per heavy atom. The number of hydrogen-bond acceptors (Lipinski definition) is 9. The highest BCUT2D eigenvalue weighted by molar-refractivity contribution is 5.88. The number of methoxy groups -OCH3 is 1. The molecule has 4 heterocycles. The van der Waals surface area contributed by atoms with Gasteiger partial charge in [-0.25, -0.2) is 19.8 Å². The Morgan fingerprint density at radius 1 is 0.889 bits per heavy atom. The second kappa shape index (κ2) is 16.7. The molecule has 2 saturated heterocycles. The molecule has 54 heavy (non-hydrogen) atoms. The van der Waals surface area contributed by atoms with Gasteiger partial charge >= 0.3 is 6.09 Å². The lowest BCUT2D eigenvalue weighted by Gasteiger charge is -2.28. The minimum atomic E-state index is -0.893. The van der Waals surface area contributed by atoms with Gasteiger partial charge in [-0.15, -0.1) is 0 Å². The summed E-state index contributed by atoms with van der Waals surface area (Å²) in [5.41, 5.74) is 5.85. The van der Waals surface area contributed by atoms with E-state index in [4.69, 9.17) is 14.6 Å². The molecule has 0 unspecified atom stereocenters. The van der Waals surface area contributed by atoms with E-state index in [1.54, 1.807) is 11.1 Å². The molecule has 13 nitrogen and oxygen atoms in total. The minimum Gasteiger partial charge on any atom is -0.453 e. The number of fused-ring (bicyclic) bond motifs is 1. The molecular formula is C41H43N7O6. The topological polar surface area (TPSA) is 151 Å². The van der Waals surface area contributed by atoms with Crippen LogP contribution in [0.4, 0.5) is 4.79 Å². The van der Waals surface area contributed by atoms with E-state index >= 15 is 0 Å². The van der Waals surface area contributed by atoms with Gasteiger partial charge in [-0.3, -0.25) is 9.59 Å². The summed E-state index contributed by atoms with van der Waals surface area (Å²) in [4.78, 5) is 70.5. The number of nitrogens with zero attached hydrogens (tertiary/aromatic N) is 5. The van der Waals surface area contributed by atoms with Crippen LogP contribution in [0.25, 0.3) is 22.3 Å². The summed E-state index contributed by atoms with van der Waals surface area (Å²) in [5, 5.41) is 2.71. The highest BCUT2D eigenvalue weighted by atomic mass is 17.2. The van der Waals surface area contributed by atoms with Crippen LogP contribution in [0.1, 0.15) is 66.3 Å². The largest absolute Gasteiger partial charge is 0.453 e. The average molecular weight is 730 g/mol. The number of ether oxygens (including phenoxy) is 1. The monoisotopic (exact) mass is 729 g/mol. The van der Waals surface area contributed by atoms with Crippen LogP contribution in [0.15, 0.2) is 102 Å². The van der Waals surface area contributed by atoms with Crippen molar-refractivity contribution in [3.05, 3.63) is 120 Å². The summed E-state index contributed by atoms with van der Waals surface area (Å²) < 4.78 is 4.83. The van der Waals surface area contributed by atoms with Gasteiger partial charge in [0.2, 0.25) is 6.40 Å². The maximum absolute atomic E-state index is 13.9. The second-order valence-electron chi connectivity index (χ2n) is 13.4. The number of nitrogens with one attached hydrogen (secondary N) is 2. The van der Waals surface area contributed by atoms with Crippen molar-refractivity contribution in [3.63, 3.8) is 0 Å². The molecule has 2 aromatic heterocycles. The number of carbonyl (C=O) groups excluding carboxylic acids is 3. The number of H-pyrrole nitrogens is 1. The molecule has 7 rings (SSSR count). The Balaban J connectivity index is 1.05. The fourth-order valence-electron chi connectivity index (χ4n) is 7.48. The van der Waals surface area contributed by atoms with Crippen LogP contribution in [0.3, 0.4) is 0 Å². The number of aliphatic imine (C=N–C) groups is 1. The first-order valence-electron chi connectivity index (χ1n) is 18.1. The van der Waals surface area contributed by atoms with Gasteiger partial charge in [0, 0.05) is 30.9 Å². The standard InChI is InChI=1S/C41H43N7O6/c1-52-41(51)45-36(30-13-7-4-8-14-30)40(50)48-22-10-16-34(48)38-44-33-24-31(25-42-37(33)46-38)28-19-17-27(18-20-28)23-32-15-9-21-47(32)39(49)35(43-26-54-53-2)29-11-5-3-6-12-29/h3-8,11-14,17-20,24-26,32,34-36H,9-10,15-16,21-23H2,1-2H3,(H,45,51)(H,42,44,46)/t32-,34-,35+,36+/m0/s1.